The Bertz CT molecular complexity index is 1140. The molecule has 0 spiro atoms. The highest BCUT2D eigenvalue weighted by atomic mass is 16.8. The van der Waals surface area contributed by atoms with Crippen LogP contribution in [0.1, 0.15) is 34.1 Å². The molecular formula is C26H32O16. The summed E-state index contributed by atoms with van der Waals surface area (Å²) in [6, 6.07) is 0. The number of fused-ring (bicyclic) bond motifs is 1. The van der Waals surface area contributed by atoms with Crippen LogP contribution >= 0.6 is 0 Å². The van der Waals surface area contributed by atoms with Crippen LogP contribution in [0.4, 0.5) is 0 Å². The van der Waals surface area contributed by atoms with E-state index in [0.717, 1.165) is 48.2 Å². The molecule has 9 unspecified atom stereocenters. The first-order valence-corrected chi connectivity index (χ1v) is 12.8. The summed E-state index contributed by atoms with van der Waals surface area (Å²) in [5.74, 6) is -8.81. The predicted octanol–water partition coefficient (Wildman–Crippen LogP) is -0.506. The SMILES string of the molecule is COC(=O)C1=COC(OC2OC(COC(C)=O)C(OC(C)=O)C(OC(C)=O)C2OC(C)=O)C2C(C(=O)OC)CC(=O)C12. The Morgan fingerprint density at radius 3 is 1.95 bits per heavy atom. The molecule has 3 aliphatic rings. The number of methoxy groups -OCH3 is 2. The van der Waals surface area contributed by atoms with E-state index in [4.69, 9.17) is 42.6 Å². The van der Waals surface area contributed by atoms with Crippen LogP contribution in [-0.2, 0) is 76.2 Å². The Kier molecular flexibility index (Phi) is 10.6. The van der Waals surface area contributed by atoms with E-state index in [2.05, 4.69) is 0 Å². The Labute approximate surface area is 239 Å². The molecule has 232 valence electrons. The third kappa shape index (κ3) is 7.23. The van der Waals surface area contributed by atoms with E-state index in [1.807, 2.05) is 0 Å². The summed E-state index contributed by atoms with van der Waals surface area (Å²) in [4.78, 5) is 85.8. The number of hydrogen-bond donors (Lipinski definition) is 0. The van der Waals surface area contributed by atoms with Crippen LogP contribution in [0.5, 0.6) is 0 Å². The van der Waals surface area contributed by atoms with Crippen molar-refractivity contribution in [2.45, 2.75) is 71.1 Å². The number of esters is 6. The zero-order valence-electron chi connectivity index (χ0n) is 23.7. The van der Waals surface area contributed by atoms with E-state index >= 15 is 0 Å². The van der Waals surface area contributed by atoms with Gasteiger partial charge in [-0.25, -0.2) is 4.79 Å². The number of rotatable bonds is 9. The van der Waals surface area contributed by atoms with Gasteiger partial charge in [0.2, 0.25) is 12.6 Å². The quantitative estimate of drug-likeness (QED) is 0.242. The average Bonchev–Trinajstić information content (AvgIpc) is 3.27. The number of ether oxygens (including phenoxy) is 9. The average molecular weight is 601 g/mol. The summed E-state index contributed by atoms with van der Waals surface area (Å²) < 4.78 is 48.4. The number of ketones is 1. The highest BCUT2D eigenvalue weighted by Gasteiger charge is 2.59. The van der Waals surface area contributed by atoms with E-state index in [1.54, 1.807) is 0 Å². The van der Waals surface area contributed by atoms with Crippen molar-refractivity contribution in [2.75, 3.05) is 20.8 Å². The molecule has 0 N–H and O–H groups in total. The van der Waals surface area contributed by atoms with Crippen molar-refractivity contribution in [3.8, 4) is 0 Å². The number of carbonyl (C=O) groups excluding carboxylic acids is 7. The smallest absolute Gasteiger partial charge is 0.337 e. The van der Waals surface area contributed by atoms with Gasteiger partial charge in [0.1, 0.15) is 18.5 Å². The first-order valence-electron chi connectivity index (χ1n) is 12.8. The summed E-state index contributed by atoms with van der Waals surface area (Å²) in [5.41, 5.74) is -0.153. The first-order chi connectivity index (χ1) is 19.8. The van der Waals surface area contributed by atoms with Crippen LogP contribution in [0.25, 0.3) is 0 Å². The third-order valence-electron chi connectivity index (χ3n) is 6.74. The highest BCUT2D eigenvalue weighted by molar-refractivity contribution is 6.01. The Morgan fingerprint density at radius 2 is 1.40 bits per heavy atom. The van der Waals surface area contributed by atoms with Crippen LogP contribution in [0.3, 0.4) is 0 Å². The molecule has 42 heavy (non-hydrogen) atoms. The van der Waals surface area contributed by atoms with E-state index in [-0.39, 0.29) is 12.0 Å². The molecule has 2 aliphatic heterocycles. The fourth-order valence-electron chi connectivity index (χ4n) is 5.20. The topological polar surface area (TPSA) is 203 Å². The summed E-state index contributed by atoms with van der Waals surface area (Å²) >= 11 is 0. The Hall–Kier alpha value is -4.05. The van der Waals surface area contributed by atoms with Gasteiger partial charge in [0.25, 0.3) is 0 Å². The minimum Gasteiger partial charge on any atom is -0.471 e. The molecule has 0 aromatic rings. The van der Waals surface area contributed by atoms with Crippen molar-refractivity contribution in [3.63, 3.8) is 0 Å². The van der Waals surface area contributed by atoms with Crippen molar-refractivity contribution in [1.29, 1.82) is 0 Å². The lowest BCUT2D eigenvalue weighted by Gasteiger charge is -2.45. The van der Waals surface area contributed by atoms with Gasteiger partial charge in [0, 0.05) is 40.0 Å². The van der Waals surface area contributed by atoms with Crippen molar-refractivity contribution in [1.82, 2.24) is 0 Å². The van der Waals surface area contributed by atoms with Gasteiger partial charge in [-0.1, -0.05) is 0 Å². The van der Waals surface area contributed by atoms with Crippen LogP contribution < -0.4 is 0 Å². The van der Waals surface area contributed by atoms with Gasteiger partial charge >= 0.3 is 35.8 Å². The number of hydrogen-bond acceptors (Lipinski definition) is 16. The molecule has 0 amide bonds. The Balaban J connectivity index is 2.06. The van der Waals surface area contributed by atoms with Crippen LogP contribution in [0.2, 0.25) is 0 Å². The van der Waals surface area contributed by atoms with Crippen LogP contribution in [0, 0.1) is 17.8 Å². The largest absolute Gasteiger partial charge is 0.471 e. The molecule has 1 saturated heterocycles. The maximum absolute atomic E-state index is 13.0. The van der Waals surface area contributed by atoms with Gasteiger partial charge in [-0.3, -0.25) is 28.8 Å². The van der Waals surface area contributed by atoms with Crippen molar-refractivity contribution in [2.24, 2.45) is 17.8 Å². The van der Waals surface area contributed by atoms with E-state index in [0.29, 0.717) is 0 Å². The molecular weight excluding hydrogens is 568 g/mol. The fourth-order valence-corrected chi connectivity index (χ4v) is 5.20. The highest BCUT2D eigenvalue weighted by Crippen LogP contribution is 2.46. The first kappa shape index (κ1) is 32.5. The maximum Gasteiger partial charge on any atom is 0.337 e. The molecule has 9 atom stereocenters. The normalized spacial score (nSPS) is 31.8. The molecule has 0 aromatic carbocycles. The van der Waals surface area contributed by atoms with Crippen LogP contribution in [-0.4, -0.2) is 99.4 Å². The van der Waals surface area contributed by atoms with E-state index < -0.39 is 103 Å². The van der Waals surface area contributed by atoms with Crippen LogP contribution in [0.15, 0.2) is 11.8 Å². The fraction of sp³-hybridized carbons (Fsp3) is 0.654. The van der Waals surface area contributed by atoms with Gasteiger partial charge in [-0.2, -0.15) is 0 Å². The molecule has 1 saturated carbocycles. The summed E-state index contributed by atoms with van der Waals surface area (Å²) in [5, 5.41) is 0. The lowest BCUT2D eigenvalue weighted by Crippen LogP contribution is -2.63. The second-order valence-electron chi connectivity index (χ2n) is 9.63. The molecule has 16 heteroatoms. The van der Waals surface area contributed by atoms with Gasteiger partial charge in [-0.15, -0.1) is 0 Å². The monoisotopic (exact) mass is 600 g/mol. The molecule has 2 fully saturated rings. The summed E-state index contributed by atoms with van der Waals surface area (Å²) in [6.07, 6.45) is -8.38. The second-order valence-corrected chi connectivity index (χ2v) is 9.63. The molecule has 16 nitrogen and oxygen atoms in total. The lowest BCUT2D eigenvalue weighted by molar-refractivity contribution is -0.344. The zero-order chi connectivity index (χ0) is 31.3. The molecule has 3 rings (SSSR count). The van der Waals surface area contributed by atoms with Gasteiger partial charge in [0.15, 0.2) is 18.3 Å². The lowest BCUT2D eigenvalue weighted by atomic mass is 9.82. The van der Waals surface area contributed by atoms with E-state index in [1.165, 1.54) is 0 Å². The van der Waals surface area contributed by atoms with Crippen molar-refractivity contribution in [3.05, 3.63) is 11.8 Å². The second kappa shape index (κ2) is 13.7. The molecule has 0 bridgehead atoms. The van der Waals surface area contributed by atoms with Gasteiger partial charge in [-0.05, 0) is 0 Å². The molecule has 1 aliphatic carbocycles. The van der Waals surface area contributed by atoms with Crippen molar-refractivity contribution >= 4 is 41.6 Å². The standard InChI is InChI=1S/C26H32O16/c1-10(27)36-9-17-20(38-11(2)28)21(39-12(3)29)22(40-13(4)30)26(41-17)42-25-19-14(23(32)34-5)7-16(31)18(19)15(8-37-25)24(33)35-6/h8,14,17-22,25-26H,7,9H2,1-6H3. The van der Waals surface area contributed by atoms with Gasteiger partial charge < -0.3 is 42.6 Å². The minimum atomic E-state index is -1.67. The number of Topliss-reactive ketones (excluding diaryl/α,β-unsaturated/α-hetero) is 1. The minimum absolute atomic E-state index is 0.153. The van der Waals surface area contributed by atoms with Gasteiger partial charge in [0.05, 0.1) is 37.9 Å². The van der Waals surface area contributed by atoms with Crippen molar-refractivity contribution < 1.29 is 76.2 Å². The maximum atomic E-state index is 13.0. The summed E-state index contributed by atoms with van der Waals surface area (Å²) in [7, 11) is 2.23. The predicted molar refractivity (Wildman–Crippen MR) is 130 cm³/mol. The summed E-state index contributed by atoms with van der Waals surface area (Å²) in [6.45, 7) is 3.79. The molecule has 0 aromatic heterocycles. The molecule has 0 radical (unpaired) electrons. The van der Waals surface area contributed by atoms with E-state index in [9.17, 15) is 33.6 Å². The zero-order valence-corrected chi connectivity index (χ0v) is 23.7. The Morgan fingerprint density at radius 1 is 0.810 bits per heavy atom. The third-order valence-corrected chi connectivity index (χ3v) is 6.74. The molecule has 2 heterocycles. The number of carbonyl (C=O) groups is 7.